The summed E-state index contributed by atoms with van der Waals surface area (Å²) in [4.78, 5) is 0. The van der Waals surface area contributed by atoms with Gasteiger partial charge >= 0.3 is 0 Å². The van der Waals surface area contributed by atoms with E-state index < -0.39 is 0 Å². The molecule has 5 atom stereocenters. The van der Waals surface area contributed by atoms with Gasteiger partial charge in [0, 0.05) is 47.9 Å². The van der Waals surface area contributed by atoms with Gasteiger partial charge < -0.3 is 16.0 Å². The minimum Gasteiger partial charge on any atom is -0.388 e. The molecule has 6 rings (SSSR count). The van der Waals surface area contributed by atoms with Crippen LogP contribution in [0.1, 0.15) is 64.2 Å². The molecule has 0 aromatic heterocycles. The van der Waals surface area contributed by atoms with Crippen LogP contribution in [0.4, 0.5) is 0 Å². The third-order valence-corrected chi connectivity index (χ3v) is 8.57. The van der Waals surface area contributed by atoms with Crippen LogP contribution in [0.3, 0.4) is 0 Å². The summed E-state index contributed by atoms with van der Waals surface area (Å²) in [6.45, 7) is 1.14. The number of allylic oxidation sites excluding steroid dienone is 8. The van der Waals surface area contributed by atoms with Gasteiger partial charge in [0.05, 0.1) is 0 Å². The van der Waals surface area contributed by atoms with Gasteiger partial charge in [-0.2, -0.15) is 0 Å². The van der Waals surface area contributed by atoms with Crippen LogP contribution in [0.2, 0.25) is 0 Å². The fourth-order valence-electron chi connectivity index (χ4n) is 6.86. The Morgan fingerprint density at radius 1 is 0.879 bits per heavy atom. The second kappa shape index (κ2) is 9.54. The van der Waals surface area contributed by atoms with Gasteiger partial charge in [0.2, 0.25) is 0 Å². The molecule has 2 heterocycles. The molecule has 0 amide bonds. The van der Waals surface area contributed by atoms with Crippen LogP contribution in [0, 0.1) is 11.8 Å². The molecule has 4 aliphatic carbocycles. The predicted octanol–water partition coefficient (Wildman–Crippen LogP) is 5.74. The summed E-state index contributed by atoms with van der Waals surface area (Å²) < 4.78 is 0. The lowest BCUT2D eigenvalue weighted by Crippen LogP contribution is -2.46. The van der Waals surface area contributed by atoms with Crippen molar-refractivity contribution in [3.8, 4) is 0 Å². The molecule has 0 saturated heterocycles. The van der Waals surface area contributed by atoms with Crippen molar-refractivity contribution in [2.45, 2.75) is 82.3 Å². The molecular formula is C30H39N3. The molecule has 3 heteroatoms. The number of hydrogen-bond donors (Lipinski definition) is 3. The van der Waals surface area contributed by atoms with Crippen LogP contribution in [0.5, 0.6) is 0 Å². The van der Waals surface area contributed by atoms with Gasteiger partial charge in [-0.3, -0.25) is 0 Å². The molecule has 0 aromatic rings. The molecule has 0 radical (unpaired) electrons. The van der Waals surface area contributed by atoms with E-state index in [1.807, 2.05) is 0 Å². The zero-order valence-corrected chi connectivity index (χ0v) is 19.9. The van der Waals surface area contributed by atoms with Crippen molar-refractivity contribution in [1.82, 2.24) is 16.0 Å². The van der Waals surface area contributed by atoms with Crippen molar-refractivity contribution >= 4 is 0 Å². The Morgan fingerprint density at radius 2 is 1.85 bits per heavy atom. The van der Waals surface area contributed by atoms with Gasteiger partial charge in [-0.25, -0.2) is 0 Å². The first-order chi connectivity index (χ1) is 16.3. The van der Waals surface area contributed by atoms with E-state index in [4.69, 9.17) is 0 Å². The third kappa shape index (κ3) is 4.45. The normalized spacial score (nSPS) is 35.6. The maximum atomic E-state index is 3.99. The quantitative estimate of drug-likeness (QED) is 0.487. The smallest absolute Gasteiger partial charge is 0.0485 e. The second-order valence-corrected chi connectivity index (χ2v) is 10.7. The number of hydrogen-bond acceptors (Lipinski definition) is 3. The third-order valence-electron chi connectivity index (χ3n) is 8.57. The van der Waals surface area contributed by atoms with Crippen LogP contribution in [-0.4, -0.2) is 24.7 Å². The van der Waals surface area contributed by atoms with Crippen LogP contribution in [-0.2, 0) is 0 Å². The maximum absolute atomic E-state index is 3.99. The zero-order chi connectivity index (χ0) is 22.0. The number of rotatable bonds is 4. The lowest BCUT2D eigenvalue weighted by Gasteiger charge is -2.37. The highest BCUT2D eigenvalue weighted by Crippen LogP contribution is 2.40. The highest BCUT2D eigenvalue weighted by atomic mass is 15.0. The average Bonchev–Trinajstić information content (AvgIpc) is 2.89. The Morgan fingerprint density at radius 3 is 2.85 bits per heavy atom. The lowest BCUT2D eigenvalue weighted by atomic mass is 9.76. The van der Waals surface area contributed by atoms with Gasteiger partial charge in [0.15, 0.2) is 0 Å². The molecule has 0 saturated carbocycles. The largest absolute Gasteiger partial charge is 0.388 e. The second-order valence-electron chi connectivity index (χ2n) is 10.7. The summed E-state index contributed by atoms with van der Waals surface area (Å²) in [5, 5.41) is 11.6. The van der Waals surface area contributed by atoms with Crippen LogP contribution in [0.15, 0.2) is 82.8 Å². The van der Waals surface area contributed by atoms with Gasteiger partial charge in [0.25, 0.3) is 0 Å². The first-order valence-corrected chi connectivity index (χ1v) is 13.5. The summed E-state index contributed by atoms with van der Waals surface area (Å²) in [7, 11) is 0. The van der Waals surface area contributed by atoms with Gasteiger partial charge in [-0.1, -0.05) is 48.6 Å². The fourth-order valence-corrected chi connectivity index (χ4v) is 6.86. The maximum Gasteiger partial charge on any atom is 0.0485 e. The molecule has 0 spiro atoms. The minimum atomic E-state index is 0.374. The first kappa shape index (κ1) is 21.3. The minimum absolute atomic E-state index is 0.374. The highest BCUT2D eigenvalue weighted by Gasteiger charge is 2.31. The Kier molecular flexibility index (Phi) is 6.15. The standard InChI is InChI=1S/C30H39N3/c1-4-13-27-21(8-1)16-17-28(33-27)22-9-7-10-23(20-22)32-30-15-6-3-12-26(30)24-18-19-31-29-14-5-2-11-25(24)29/h1,6-10,15-17,21,23-24,27-28,31-33H,2-5,11-14,18-20H2. The van der Waals surface area contributed by atoms with E-state index in [0.29, 0.717) is 30.0 Å². The molecular weight excluding hydrogens is 402 g/mol. The Balaban J connectivity index is 1.18. The molecule has 3 N–H and O–H groups in total. The molecule has 6 aliphatic rings. The van der Waals surface area contributed by atoms with Crippen molar-refractivity contribution in [3.63, 3.8) is 0 Å². The van der Waals surface area contributed by atoms with E-state index in [2.05, 4.69) is 70.6 Å². The zero-order valence-electron chi connectivity index (χ0n) is 19.9. The van der Waals surface area contributed by atoms with Gasteiger partial charge in [-0.05, 0) is 87.0 Å². The van der Waals surface area contributed by atoms with Gasteiger partial charge in [-0.15, -0.1) is 0 Å². The van der Waals surface area contributed by atoms with E-state index in [9.17, 15) is 0 Å². The molecule has 174 valence electrons. The van der Waals surface area contributed by atoms with Crippen molar-refractivity contribution < 1.29 is 0 Å². The summed E-state index contributed by atoms with van der Waals surface area (Å²) in [6, 6.07) is 1.34. The van der Waals surface area contributed by atoms with E-state index >= 15 is 0 Å². The van der Waals surface area contributed by atoms with Crippen molar-refractivity contribution in [2.75, 3.05) is 6.54 Å². The summed E-state index contributed by atoms with van der Waals surface area (Å²) in [5.41, 5.74) is 7.90. The van der Waals surface area contributed by atoms with Crippen molar-refractivity contribution in [2.24, 2.45) is 11.8 Å². The topological polar surface area (TPSA) is 36.1 Å². The van der Waals surface area contributed by atoms with Crippen LogP contribution in [0.25, 0.3) is 0 Å². The molecule has 2 aliphatic heterocycles. The molecule has 3 nitrogen and oxygen atoms in total. The van der Waals surface area contributed by atoms with E-state index in [0.717, 1.165) is 13.0 Å². The molecule has 5 unspecified atom stereocenters. The number of nitrogens with one attached hydrogen (secondary N) is 3. The molecule has 0 aromatic carbocycles. The van der Waals surface area contributed by atoms with E-state index in [1.165, 1.54) is 69.1 Å². The SMILES string of the molecule is C1=CC(NC2=C(C3CCNC4=C3CCCC4)CCC=C2)CC(C2C=CC3C=CCCC3N2)=C1. The summed E-state index contributed by atoms with van der Waals surface area (Å²) in [6.07, 6.45) is 33.7. The predicted molar refractivity (Wildman–Crippen MR) is 137 cm³/mol. The molecule has 33 heavy (non-hydrogen) atoms. The average molecular weight is 442 g/mol. The Labute approximate surface area is 199 Å². The van der Waals surface area contributed by atoms with E-state index in [-0.39, 0.29) is 0 Å². The van der Waals surface area contributed by atoms with Gasteiger partial charge in [0.1, 0.15) is 0 Å². The number of fused-ring (bicyclic) bond motifs is 1. The lowest BCUT2D eigenvalue weighted by molar-refractivity contribution is 0.383. The fraction of sp³-hybridized carbons (Fsp3) is 0.533. The monoisotopic (exact) mass is 441 g/mol. The molecule has 0 bridgehead atoms. The summed E-state index contributed by atoms with van der Waals surface area (Å²) >= 11 is 0. The first-order valence-electron chi connectivity index (χ1n) is 13.5. The van der Waals surface area contributed by atoms with E-state index in [1.54, 1.807) is 16.8 Å². The van der Waals surface area contributed by atoms with Crippen molar-refractivity contribution in [3.05, 3.63) is 82.8 Å². The van der Waals surface area contributed by atoms with Crippen molar-refractivity contribution in [1.29, 1.82) is 0 Å². The highest BCUT2D eigenvalue weighted by molar-refractivity contribution is 5.39. The van der Waals surface area contributed by atoms with Crippen LogP contribution >= 0.6 is 0 Å². The molecule has 0 fully saturated rings. The summed E-state index contributed by atoms with van der Waals surface area (Å²) in [5.74, 6) is 1.23. The Hall–Kier alpha value is -2.26. The Bertz CT molecular complexity index is 969. The van der Waals surface area contributed by atoms with Crippen LogP contribution < -0.4 is 16.0 Å².